The van der Waals surface area contributed by atoms with Crippen LogP contribution < -0.4 is 0 Å². The number of Topliss-reactive ketones (excluding diaryl/α,β-unsaturated/α-hetero) is 1. The zero-order valence-corrected chi connectivity index (χ0v) is 11.4. The first kappa shape index (κ1) is 16.5. The third-order valence-electron chi connectivity index (χ3n) is 2.56. The van der Waals surface area contributed by atoms with Gasteiger partial charge in [0.05, 0.1) is 6.42 Å². The zero-order valence-electron chi connectivity index (χ0n) is 10.6. The molecule has 0 heterocycles. The minimum absolute atomic E-state index is 0.0100. The Balaban J connectivity index is 2.79. The van der Waals surface area contributed by atoms with Gasteiger partial charge in [-0.25, -0.2) is 6.57 Å². The highest BCUT2D eigenvalue weighted by Crippen LogP contribution is 2.36. The van der Waals surface area contributed by atoms with Crippen LogP contribution in [0.1, 0.15) is 23.7 Å². The maximum atomic E-state index is 12.1. The van der Waals surface area contributed by atoms with Crippen LogP contribution in [0.2, 0.25) is 0 Å². The van der Waals surface area contributed by atoms with Crippen molar-refractivity contribution in [3.05, 3.63) is 41.2 Å². The van der Waals surface area contributed by atoms with E-state index in [9.17, 15) is 18.0 Å². The van der Waals surface area contributed by atoms with Gasteiger partial charge in [-0.2, -0.15) is 13.2 Å². The van der Waals surface area contributed by atoms with Crippen LogP contribution in [-0.2, 0) is 0 Å². The number of benzene rings is 1. The molecule has 0 amide bonds. The number of aliphatic hydroxyl groups is 1. The summed E-state index contributed by atoms with van der Waals surface area (Å²) < 4.78 is 36.4. The van der Waals surface area contributed by atoms with Crippen molar-refractivity contribution in [3.63, 3.8) is 0 Å². The third kappa shape index (κ3) is 4.87. The molecular formula is C13H12F3NO2S. The first-order valence-electron chi connectivity index (χ1n) is 5.57. The van der Waals surface area contributed by atoms with Gasteiger partial charge in [0, 0.05) is 17.4 Å². The van der Waals surface area contributed by atoms with Crippen LogP contribution in [0, 0.1) is 6.57 Å². The largest absolute Gasteiger partial charge is 0.446 e. The van der Waals surface area contributed by atoms with Gasteiger partial charge < -0.3 is 9.95 Å². The number of halogens is 3. The molecule has 7 heteroatoms. The van der Waals surface area contributed by atoms with Crippen LogP contribution in [0.3, 0.4) is 0 Å². The lowest BCUT2D eigenvalue weighted by Crippen LogP contribution is -2.28. The Morgan fingerprint density at radius 1 is 1.35 bits per heavy atom. The molecular weight excluding hydrogens is 291 g/mol. The molecule has 0 spiro atoms. The molecule has 1 N–H and O–H groups in total. The van der Waals surface area contributed by atoms with Crippen molar-refractivity contribution in [2.24, 2.45) is 0 Å². The van der Waals surface area contributed by atoms with E-state index in [-0.39, 0.29) is 34.4 Å². The number of nitrogens with zero attached hydrogens (tertiary/aromatic N) is 1. The van der Waals surface area contributed by atoms with Crippen molar-refractivity contribution in [1.29, 1.82) is 0 Å². The summed E-state index contributed by atoms with van der Waals surface area (Å²) >= 11 is -0.257. The van der Waals surface area contributed by atoms with Crippen LogP contribution in [0.5, 0.6) is 0 Å². The number of aliphatic hydroxyl groups excluding tert-OH is 1. The lowest BCUT2D eigenvalue weighted by Gasteiger charge is -2.13. The van der Waals surface area contributed by atoms with Crippen molar-refractivity contribution in [1.82, 2.24) is 0 Å². The number of carbonyl (C=O) groups is 1. The number of carbonyl (C=O) groups excluding carboxylic acids is 1. The molecule has 0 aliphatic rings. The van der Waals surface area contributed by atoms with Crippen LogP contribution >= 0.6 is 11.8 Å². The number of rotatable bonds is 5. The minimum atomic E-state index is -4.37. The normalized spacial score (nSPS) is 14.4. The SMILES string of the molecule is [C-]#[N+]C(C)(CO)CC(=O)c1ccc(SC(F)(F)F)cc1. The topological polar surface area (TPSA) is 41.7 Å². The van der Waals surface area contributed by atoms with E-state index in [0.717, 1.165) is 0 Å². The highest BCUT2D eigenvalue weighted by molar-refractivity contribution is 8.00. The number of thioether (sulfide) groups is 1. The van der Waals surface area contributed by atoms with Gasteiger partial charge in [-0.3, -0.25) is 4.79 Å². The van der Waals surface area contributed by atoms with E-state index < -0.39 is 17.7 Å². The van der Waals surface area contributed by atoms with E-state index in [0.29, 0.717) is 0 Å². The lowest BCUT2D eigenvalue weighted by atomic mass is 9.94. The Labute approximate surface area is 118 Å². The first-order valence-corrected chi connectivity index (χ1v) is 6.39. The minimum Gasteiger partial charge on any atom is -0.388 e. The monoisotopic (exact) mass is 303 g/mol. The molecule has 0 saturated carbocycles. The summed E-state index contributed by atoms with van der Waals surface area (Å²) in [5.41, 5.74) is -5.35. The third-order valence-corrected chi connectivity index (χ3v) is 3.30. The second kappa shape index (κ2) is 6.29. The molecule has 0 aliphatic carbocycles. The molecule has 1 aromatic carbocycles. The van der Waals surface area contributed by atoms with E-state index in [4.69, 9.17) is 11.7 Å². The van der Waals surface area contributed by atoms with E-state index >= 15 is 0 Å². The van der Waals surface area contributed by atoms with Gasteiger partial charge in [0.15, 0.2) is 5.78 Å². The second-order valence-electron chi connectivity index (χ2n) is 4.44. The summed E-state index contributed by atoms with van der Waals surface area (Å²) in [5.74, 6) is -0.388. The van der Waals surface area contributed by atoms with Crippen LogP contribution in [-0.4, -0.2) is 28.5 Å². The molecule has 0 aliphatic heterocycles. The van der Waals surface area contributed by atoms with E-state index in [1.165, 1.54) is 31.2 Å². The lowest BCUT2D eigenvalue weighted by molar-refractivity contribution is -0.0328. The van der Waals surface area contributed by atoms with Crippen LogP contribution in [0.25, 0.3) is 4.85 Å². The van der Waals surface area contributed by atoms with Crippen molar-refractivity contribution in [2.45, 2.75) is 29.3 Å². The van der Waals surface area contributed by atoms with Crippen LogP contribution in [0.15, 0.2) is 29.2 Å². The summed E-state index contributed by atoms with van der Waals surface area (Å²) in [6.45, 7) is 7.93. The fourth-order valence-corrected chi connectivity index (χ4v) is 1.96. The molecule has 0 aromatic heterocycles. The summed E-state index contributed by atoms with van der Waals surface area (Å²) in [6, 6.07) is 5.00. The summed E-state index contributed by atoms with van der Waals surface area (Å²) in [4.78, 5) is 15.1. The van der Waals surface area contributed by atoms with Gasteiger partial charge in [0.2, 0.25) is 0 Å². The maximum Gasteiger partial charge on any atom is 0.446 e. The maximum absolute atomic E-state index is 12.1. The number of ketones is 1. The van der Waals surface area contributed by atoms with E-state index in [1.54, 1.807) is 0 Å². The van der Waals surface area contributed by atoms with Gasteiger partial charge in [0.25, 0.3) is 5.54 Å². The summed E-state index contributed by atoms with van der Waals surface area (Å²) in [5, 5.41) is 9.06. The Morgan fingerprint density at radius 2 is 1.90 bits per heavy atom. The predicted octanol–water partition coefficient (Wildman–Crippen LogP) is 3.54. The number of hydrogen-bond donors (Lipinski definition) is 1. The Bertz CT molecular complexity index is 522. The highest BCUT2D eigenvalue weighted by atomic mass is 32.2. The average Bonchev–Trinajstić information content (AvgIpc) is 2.37. The smallest absolute Gasteiger partial charge is 0.388 e. The second-order valence-corrected chi connectivity index (χ2v) is 5.58. The fourth-order valence-electron chi connectivity index (χ4n) is 1.42. The van der Waals surface area contributed by atoms with Gasteiger partial charge in [0.1, 0.15) is 6.61 Å². The fraction of sp³-hybridized carbons (Fsp3) is 0.385. The molecule has 1 rings (SSSR count). The van der Waals surface area contributed by atoms with Gasteiger partial charge in [-0.15, -0.1) is 0 Å². The standard InChI is InChI=1S/C13H12F3NO2S/c1-12(8-18,17-2)7-11(19)9-3-5-10(6-4-9)20-13(14,15)16/h3-6,18H,7-8H2,1H3. The Kier molecular flexibility index (Phi) is 5.20. The quantitative estimate of drug-likeness (QED) is 0.514. The average molecular weight is 303 g/mol. The summed E-state index contributed by atoms with van der Waals surface area (Å²) in [7, 11) is 0. The molecule has 3 nitrogen and oxygen atoms in total. The van der Waals surface area contributed by atoms with Crippen molar-refractivity contribution >= 4 is 17.5 Å². The Hall–Kier alpha value is -1.52. The van der Waals surface area contributed by atoms with Gasteiger partial charge in [-0.05, 0) is 23.9 Å². The molecule has 1 atom stereocenters. The number of alkyl halides is 3. The van der Waals surface area contributed by atoms with Crippen molar-refractivity contribution in [3.8, 4) is 0 Å². The van der Waals surface area contributed by atoms with Crippen molar-refractivity contribution in [2.75, 3.05) is 6.61 Å². The van der Waals surface area contributed by atoms with Gasteiger partial charge >= 0.3 is 5.51 Å². The van der Waals surface area contributed by atoms with Crippen LogP contribution in [0.4, 0.5) is 13.2 Å². The van der Waals surface area contributed by atoms with E-state index in [1.807, 2.05) is 0 Å². The predicted molar refractivity (Wildman–Crippen MR) is 69.4 cm³/mol. The molecule has 0 fully saturated rings. The molecule has 1 unspecified atom stereocenters. The number of hydrogen-bond acceptors (Lipinski definition) is 3. The zero-order chi connectivity index (χ0) is 15.4. The Morgan fingerprint density at radius 3 is 2.30 bits per heavy atom. The highest BCUT2D eigenvalue weighted by Gasteiger charge is 2.33. The molecule has 0 saturated heterocycles. The molecule has 108 valence electrons. The van der Waals surface area contributed by atoms with E-state index in [2.05, 4.69) is 4.85 Å². The summed E-state index contributed by atoms with van der Waals surface area (Å²) in [6.07, 6.45) is -0.182. The van der Waals surface area contributed by atoms with Gasteiger partial charge in [-0.1, -0.05) is 12.1 Å². The molecule has 0 radical (unpaired) electrons. The first-order chi connectivity index (χ1) is 9.19. The van der Waals surface area contributed by atoms with Crippen molar-refractivity contribution < 1.29 is 23.1 Å². The molecule has 0 bridgehead atoms. The molecule has 1 aromatic rings. The molecule has 20 heavy (non-hydrogen) atoms.